The zero-order valence-corrected chi connectivity index (χ0v) is 11.8. The number of hydrogen-bond acceptors (Lipinski definition) is 3. The Morgan fingerprint density at radius 1 is 1.28 bits per heavy atom. The summed E-state index contributed by atoms with van der Waals surface area (Å²) in [5.41, 5.74) is 5.90. The minimum Gasteiger partial charge on any atom is -0.443 e. The van der Waals surface area contributed by atoms with Crippen molar-refractivity contribution in [3.05, 3.63) is 34.9 Å². The highest BCUT2D eigenvalue weighted by Gasteiger charge is 2.16. The summed E-state index contributed by atoms with van der Waals surface area (Å²) in [7, 11) is 0. The van der Waals surface area contributed by atoms with Crippen molar-refractivity contribution in [2.45, 2.75) is 39.3 Å². The van der Waals surface area contributed by atoms with E-state index in [0.29, 0.717) is 5.02 Å². The van der Waals surface area contributed by atoms with Crippen LogP contribution in [0.25, 0.3) is 0 Å². The van der Waals surface area contributed by atoms with Crippen molar-refractivity contribution in [1.82, 2.24) is 10.9 Å². The number of hydrazine groups is 1. The van der Waals surface area contributed by atoms with Crippen LogP contribution in [-0.4, -0.2) is 11.7 Å². The van der Waals surface area contributed by atoms with Gasteiger partial charge < -0.3 is 4.74 Å². The molecule has 1 amide bonds. The first kappa shape index (κ1) is 14.8. The fourth-order valence-electron chi connectivity index (χ4n) is 1.31. The molecule has 18 heavy (non-hydrogen) atoms. The Morgan fingerprint density at radius 2 is 1.83 bits per heavy atom. The van der Waals surface area contributed by atoms with E-state index in [1.807, 2.05) is 52.0 Å². The highest BCUT2D eigenvalue weighted by molar-refractivity contribution is 6.30. The summed E-state index contributed by atoms with van der Waals surface area (Å²) in [6, 6.07) is 7.38. The van der Waals surface area contributed by atoms with Gasteiger partial charge in [-0.2, -0.15) is 0 Å². The highest BCUT2D eigenvalue weighted by Crippen LogP contribution is 2.15. The van der Waals surface area contributed by atoms with Gasteiger partial charge in [-0.05, 0) is 45.4 Å². The van der Waals surface area contributed by atoms with Gasteiger partial charge in [0.15, 0.2) is 0 Å². The first-order valence-corrected chi connectivity index (χ1v) is 6.16. The van der Waals surface area contributed by atoms with Crippen molar-refractivity contribution in [3.8, 4) is 0 Å². The second-order valence-corrected chi connectivity index (χ2v) is 5.48. The molecule has 0 aromatic heterocycles. The van der Waals surface area contributed by atoms with Crippen LogP contribution in [0.3, 0.4) is 0 Å². The van der Waals surface area contributed by atoms with Crippen LogP contribution in [0, 0.1) is 0 Å². The van der Waals surface area contributed by atoms with Crippen LogP contribution in [0.4, 0.5) is 4.79 Å². The third-order valence-electron chi connectivity index (χ3n) is 2.16. The molecule has 0 aliphatic rings. The molecule has 1 atom stereocenters. The molecule has 0 saturated carbocycles. The lowest BCUT2D eigenvalue weighted by Crippen LogP contribution is -2.42. The normalized spacial score (nSPS) is 12.9. The summed E-state index contributed by atoms with van der Waals surface area (Å²) in [5.74, 6) is 0. The summed E-state index contributed by atoms with van der Waals surface area (Å²) in [6.07, 6.45) is -0.497. The van der Waals surface area contributed by atoms with Crippen LogP contribution in [0.2, 0.25) is 5.02 Å². The fraction of sp³-hybridized carbons (Fsp3) is 0.462. The predicted octanol–water partition coefficient (Wildman–Crippen LogP) is 3.43. The van der Waals surface area contributed by atoms with E-state index < -0.39 is 11.7 Å². The number of amides is 1. The molecule has 1 aromatic rings. The second-order valence-electron chi connectivity index (χ2n) is 5.04. The SMILES string of the molecule is CC(NNC(=O)OC(C)(C)C)c1ccc(Cl)cc1. The van der Waals surface area contributed by atoms with Crippen LogP contribution in [-0.2, 0) is 4.74 Å². The third-order valence-corrected chi connectivity index (χ3v) is 2.41. The topological polar surface area (TPSA) is 50.4 Å². The van der Waals surface area contributed by atoms with Crippen LogP contribution >= 0.6 is 11.6 Å². The second kappa shape index (κ2) is 6.07. The van der Waals surface area contributed by atoms with E-state index in [9.17, 15) is 4.79 Å². The Balaban J connectivity index is 2.44. The van der Waals surface area contributed by atoms with Crippen molar-refractivity contribution in [2.75, 3.05) is 0 Å². The largest absolute Gasteiger partial charge is 0.443 e. The zero-order chi connectivity index (χ0) is 13.8. The molecule has 1 aromatic carbocycles. The maximum absolute atomic E-state index is 11.4. The van der Waals surface area contributed by atoms with Gasteiger partial charge in [0.25, 0.3) is 0 Å². The van der Waals surface area contributed by atoms with Crippen LogP contribution in [0.5, 0.6) is 0 Å². The highest BCUT2D eigenvalue weighted by atomic mass is 35.5. The van der Waals surface area contributed by atoms with Gasteiger partial charge in [0.2, 0.25) is 0 Å². The molecule has 5 heteroatoms. The van der Waals surface area contributed by atoms with Gasteiger partial charge in [0, 0.05) is 11.1 Å². The maximum Gasteiger partial charge on any atom is 0.422 e. The molecule has 0 radical (unpaired) electrons. The van der Waals surface area contributed by atoms with Crippen molar-refractivity contribution >= 4 is 17.7 Å². The van der Waals surface area contributed by atoms with Crippen molar-refractivity contribution in [3.63, 3.8) is 0 Å². The zero-order valence-electron chi connectivity index (χ0n) is 11.1. The van der Waals surface area contributed by atoms with Gasteiger partial charge in [0.05, 0.1) is 0 Å². The molecule has 0 bridgehead atoms. The Labute approximate surface area is 113 Å². The molecule has 1 rings (SSSR count). The molecule has 0 aliphatic heterocycles. The minimum absolute atomic E-state index is 0.0326. The van der Waals surface area contributed by atoms with Crippen molar-refractivity contribution < 1.29 is 9.53 Å². The molecular weight excluding hydrogens is 252 g/mol. The van der Waals surface area contributed by atoms with Gasteiger partial charge in [-0.3, -0.25) is 5.43 Å². The Bertz CT molecular complexity index is 398. The Hall–Kier alpha value is -1.26. The molecule has 100 valence electrons. The predicted molar refractivity (Wildman–Crippen MR) is 72.4 cm³/mol. The molecule has 0 aliphatic carbocycles. The van der Waals surface area contributed by atoms with E-state index >= 15 is 0 Å². The first-order valence-electron chi connectivity index (χ1n) is 5.78. The Morgan fingerprint density at radius 3 is 2.33 bits per heavy atom. The molecule has 4 nitrogen and oxygen atoms in total. The van der Waals surface area contributed by atoms with Gasteiger partial charge in [-0.25, -0.2) is 10.2 Å². The van der Waals surface area contributed by atoms with Crippen LogP contribution in [0.15, 0.2) is 24.3 Å². The number of hydrogen-bond donors (Lipinski definition) is 2. The average molecular weight is 271 g/mol. The van der Waals surface area contributed by atoms with Gasteiger partial charge in [-0.15, -0.1) is 0 Å². The molecular formula is C13H19ClN2O2. The van der Waals surface area contributed by atoms with Gasteiger partial charge >= 0.3 is 6.09 Å². The molecule has 0 saturated heterocycles. The lowest BCUT2D eigenvalue weighted by Gasteiger charge is -2.21. The molecule has 0 spiro atoms. The third kappa shape index (κ3) is 5.38. The molecule has 2 N–H and O–H groups in total. The van der Waals surface area contributed by atoms with Crippen LogP contribution in [0.1, 0.15) is 39.3 Å². The number of nitrogens with one attached hydrogen (secondary N) is 2. The summed E-state index contributed by atoms with van der Waals surface area (Å²) in [6.45, 7) is 7.38. The summed E-state index contributed by atoms with van der Waals surface area (Å²) in [4.78, 5) is 11.4. The number of carbonyl (C=O) groups is 1. The van der Waals surface area contributed by atoms with Crippen LogP contribution < -0.4 is 10.9 Å². The number of ether oxygens (including phenoxy) is 1. The first-order chi connectivity index (χ1) is 8.28. The molecule has 0 heterocycles. The van der Waals surface area contributed by atoms with E-state index in [1.54, 1.807) is 0 Å². The summed E-state index contributed by atoms with van der Waals surface area (Å²) >= 11 is 5.81. The van der Waals surface area contributed by atoms with Crippen molar-refractivity contribution in [2.24, 2.45) is 0 Å². The van der Waals surface area contributed by atoms with E-state index in [1.165, 1.54) is 0 Å². The quantitative estimate of drug-likeness (QED) is 0.828. The van der Waals surface area contributed by atoms with E-state index in [2.05, 4.69) is 10.9 Å². The van der Waals surface area contributed by atoms with Gasteiger partial charge in [-0.1, -0.05) is 23.7 Å². The van der Waals surface area contributed by atoms with E-state index in [4.69, 9.17) is 16.3 Å². The minimum atomic E-state index is -0.505. The summed E-state index contributed by atoms with van der Waals surface area (Å²) < 4.78 is 5.11. The number of halogens is 1. The van der Waals surface area contributed by atoms with E-state index in [-0.39, 0.29) is 6.04 Å². The average Bonchev–Trinajstić information content (AvgIpc) is 2.24. The number of rotatable bonds is 3. The van der Waals surface area contributed by atoms with E-state index in [0.717, 1.165) is 5.56 Å². The number of carbonyl (C=O) groups excluding carboxylic acids is 1. The smallest absolute Gasteiger partial charge is 0.422 e. The lowest BCUT2D eigenvalue weighted by atomic mass is 10.1. The van der Waals surface area contributed by atoms with Crippen molar-refractivity contribution in [1.29, 1.82) is 0 Å². The maximum atomic E-state index is 11.4. The standard InChI is InChI=1S/C13H19ClN2O2/c1-9(10-5-7-11(14)8-6-10)15-16-12(17)18-13(2,3)4/h5-9,15H,1-4H3,(H,16,17). The Kier molecular flexibility index (Phi) is 4.99. The molecule has 0 fully saturated rings. The monoisotopic (exact) mass is 270 g/mol. The summed E-state index contributed by atoms with van der Waals surface area (Å²) in [5, 5.41) is 0.686. The lowest BCUT2D eigenvalue weighted by molar-refractivity contribution is 0.0489. The van der Waals surface area contributed by atoms with Gasteiger partial charge in [0.1, 0.15) is 5.60 Å². The molecule has 1 unspecified atom stereocenters. The number of benzene rings is 1. The fourth-order valence-corrected chi connectivity index (χ4v) is 1.43.